The van der Waals surface area contributed by atoms with Crippen LogP contribution < -0.4 is 16.4 Å². The molecule has 1 aliphatic rings. The molecule has 0 unspecified atom stereocenters. The van der Waals surface area contributed by atoms with Crippen molar-refractivity contribution < 1.29 is 28.1 Å². The predicted molar refractivity (Wildman–Crippen MR) is 140 cm³/mol. The number of amides is 3. The molecule has 1 fully saturated rings. The number of Topliss-reactive ketones (excluding diaryl/α,β-unsaturated/α-hetero) is 2. The zero-order chi connectivity index (χ0) is 27.0. The minimum atomic E-state index is -0.454. The van der Waals surface area contributed by atoms with E-state index in [9.17, 15) is 23.6 Å². The van der Waals surface area contributed by atoms with Crippen molar-refractivity contribution in [3.05, 3.63) is 65.0 Å². The molecule has 1 saturated heterocycles. The van der Waals surface area contributed by atoms with Gasteiger partial charge >= 0.3 is 11.9 Å². The molecule has 0 atom stereocenters. The van der Waals surface area contributed by atoms with E-state index < -0.39 is 6.03 Å². The minimum absolute atomic E-state index is 0.00231. The number of hydrogen-bond donors (Lipinski definition) is 3. The molecule has 0 radical (unpaired) electrons. The summed E-state index contributed by atoms with van der Waals surface area (Å²) in [6.07, 6.45) is 3.20. The number of nitrogens with one attached hydrogen (secondary N) is 2. The van der Waals surface area contributed by atoms with Gasteiger partial charge in [-0.1, -0.05) is 12.1 Å². The van der Waals surface area contributed by atoms with Crippen LogP contribution in [0.5, 0.6) is 0 Å². The third-order valence-electron chi connectivity index (χ3n) is 7.12. The molecule has 0 bridgehead atoms. The number of piperidine rings is 1. The molecule has 37 heavy (non-hydrogen) atoms. The lowest BCUT2D eigenvalue weighted by Gasteiger charge is -2.41. The smallest absolute Gasteiger partial charge is 0.327 e. The standard InChI is InChI=1S/C28H35FN4O4/c1-19(34)23-15-24(20(2)35)17-26(16-23)32-28(37)31-10-3-11-33(27(36)18-30)12-8-22(9-13-33)14-21-4-6-25(29)7-5-21/h4-7,15-17,22H,3,8-14,18,30H2,1-2H3,(H-,31,32,37)/p+1. The molecule has 0 aromatic heterocycles. The molecule has 0 saturated carbocycles. The van der Waals surface area contributed by atoms with Gasteiger partial charge in [-0.2, -0.15) is 0 Å². The average Bonchev–Trinajstić information content (AvgIpc) is 2.88. The Kier molecular flexibility index (Phi) is 9.66. The molecule has 0 spiro atoms. The molecule has 0 aliphatic carbocycles. The van der Waals surface area contributed by atoms with Gasteiger partial charge in [-0.25, -0.2) is 14.0 Å². The van der Waals surface area contributed by atoms with Gasteiger partial charge in [-0.15, -0.1) is 0 Å². The summed E-state index contributed by atoms with van der Waals surface area (Å²) in [7, 11) is 0. The molecule has 8 nitrogen and oxygen atoms in total. The molecular formula is C28H36FN4O4+. The van der Waals surface area contributed by atoms with Gasteiger partial charge in [0.1, 0.15) is 12.4 Å². The highest BCUT2D eigenvalue weighted by Gasteiger charge is 2.39. The van der Waals surface area contributed by atoms with Crippen molar-refractivity contribution >= 4 is 29.2 Å². The molecule has 2 aromatic rings. The Morgan fingerprint density at radius 3 is 2.11 bits per heavy atom. The van der Waals surface area contributed by atoms with Crippen molar-refractivity contribution in [2.75, 3.05) is 38.0 Å². The number of anilines is 1. The second-order valence-electron chi connectivity index (χ2n) is 9.83. The lowest BCUT2D eigenvalue weighted by Crippen LogP contribution is -2.60. The second kappa shape index (κ2) is 12.7. The summed E-state index contributed by atoms with van der Waals surface area (Å²) in [5.74, 6) is -0.221. The van der Waals surface area contributed by atoms with Gasteiger partial charge in [-0.05, 0) is 62.1 Å². The van der Waals surface area contributed by atoms with Gasteiger partial charge in [0, 0.05) is 42.6 Å². The van der Waals surface area contributed by atoms with Gasteiger partial charge in [-0.3, -0.25) is 14.1 Å². The zero-order valence-corrected chi connectivity index (χ0v) is 21.5. The van der Waals surface area contributed by atoms with Crippen LogP contribution >= 0.6 is 0 Å². The summed E-state index contributed by atoms with van der Waals surface area (Å²) in [5, 5.41) is 5.46. The first-order valence-electron chi connectivity index (χ1n) is 12.7. The Morgan fingerprint density at radius 2 is 1.57 bits per heavy atom. The second-order valence-corrected chi connectivity index (χ2v) is 9.83. The number of quaternary nitrogens is 1. The van der Waals surface area contributed by atoms with Crippen LogP contribution in [0.15, 0.2) is 42.5 Å². The van der Waals surface area contributed by atoms with Crippen LogP contribution in [0, 0.1) is 11.7 Å². The zero-order valence-electron chi connectivity index (χ0n) is 21.5. The Labute approximate surface area is 217 Å². The van der Waals surface area contributed by atoms with Crippen LogP contribution in [0.2, 0.25) is 0 Å². The summed E-state index contributed by atoms with van der Waals surface area (Å²) in [6.45, 7) is 5.09. The lowest BCUT2D eigenvalue weighted by atomic mass is 9.88. The van der Waals surface area contributed by atoms with Crippen LogP contribution in [0.1, 0.15) is 59.4 Å². The fourth-order valence-corrected chi connectivity index (χ4v) is 4.93. The maximum atomic E-state index is 13.2. The summed E-state index contributed by atoms with van der Waals surface area (Å²) >= 11 is 0. The van der Waals surface area contributed by atoms with Crippen molar-refractivity contribution in [1.29, 1.82) is 0 Å². The number of carbonyl (C=O) groups excluding carboxylic acids is 4. The lowest BCUT2D eigenvalue weighted by molar-refractivity contribution is -0.860. The minimum Gasteiger partial charge on any atom is -0.338 e. The summed E-state index contributed by atoms with van der Waals surface area (Å²) < 4.78 is 13.5. The first-order chi connectivity index (χ1) is 17.6. The molecule has 1 heterocycles. The van der Waals surface area contributed by atoms with Crippen LogP contribution in [-0.2, 0) is 11.2 Å². The normalized spacial score (nSPS) is 19.2. The first kappa shape index (κ1) is 28.1. The van der Waals surface area contributed by atoms with Gasteiger partial charge in [0.25, 0.3) is 0 Å². The Balaban J connectivity index is 1.51. The van der Waals surface area contributed by atoms with Gasteiger partial charge in [0.2, 0.25) is 0 Å². The third kappa shape index (κ3) is 7.77. The van der Waals surface area contributed by atoms with E-state index in [1.54, 1.807) is 0 Å². The van der Waals surface area contributed by atoms with E-state index in [0.717, 1.165) is 24.8 Å². The Morgan fingerprint density at radius 1 is 0.973 bits per heavy atom. The predicted octanol–water partition coefficient (Wildman–Crippen LogP) is 3.70. The van der Waals surface area contributed by atoms with Crippen molar-refractivity contribution in [2.45, 2.75) is 39.5 Å². The molecule has 9 heteroatoms. The maximum Gasteiger partial charge on any atom is 0.327 e. The van der Waals surface area contributed by atoms with E-state index in [0.29, 0.717) is 59.8 Å². The number of nitrogens with zero attached hydrogens (tertiary/aromatic N) is 1. The molecular weight excluding hydrogens is 475 g/mol. The molecule has 198 valence electrons. The summed E-state index contributed by atoms with van der Waals surface area (Å²) in [4.78, 5) is 48.7. The highest BCUT2D eigenvalue weighted by Crippen LogP contribution is 2.27. The quantitative estimate of drug-likeness (QED) is 0.255. The van der Waals surface area contributed by atoms with E-state index in [2.05, 4.69) is 10.6 Å². The van der Waals surface area contributed by atoms with Crippen molar-refractivity contribution in [1.82, 2.24) is 5.32 Å². The monoisotopic (exact) mass is 511 g/mol. The largest absolute Gasteiger partial charge is 0.338 e. The van der Waals surface area contributed by atoms with E-state index in [1.807, 2.05) is 12.1 Å². The number of halogens is 1. The number of ketones is 2. The van der Waals surface area contributed by atoms with Crippen LogP contribution in [0.3, 0.4) is 0 Å². The van der Waals surface area contributed by atoms with E-state index in [4.69, 9.17) is 5.73 Å². The number of likely N-dealkylation sites (tertiary alicyclic amines) is 1. The topological polar surface area (TPSA) is 118 Å². The van der Waals surface area contributed by atoms with Crippen molar-refractivity contribution in [3.8, 4) is 0 Å². The molecule has 3 rings (SSSR count). The summed E-state index contributed by atoms with van der Waals surface area (Å²) in [5.41, 5.74) is 7.88. The fourth-order valence-electron chi connectivity index (χ4n) is 4.93. The molecule has 1 aliphatic heterocycles. The van der Waals surface area contributed by atoms with Crippen molar-refractivity contribution in [3.63, 3.8) is 0 Å². The fraction of sp³-hybridized carbons (Fsp3) is 0.429. The first-order valence-corrected chi connectivity index (χ1v) is 12.7. The highest BCUT2D eigenvalue weighted by atomic mass is 19.1. The maximum absolute atomic E-state index is 13.2. The highest BCUT2D eigenvalue weighted by molar-refractivity contribution is 6.02. The van der Waals surface area contributed by atoms with Gasteiger partial charge in [0.15, 0.2) is 11.6 Å². The average molecular weight is 512 g/mol. The van der Waals surface area contributed by atoms with Crippen LogP contribution in [-0.4, -0.2) is 60.7 Å². The number of benzene rings is 2. The third-order valence-corrected chi connectivity index (χ3v) is 7.12. The Hall–Kier alpha value is -3.43. The van der Waals surface area contributed by atoms with E-state index >= 15 is 0 Å². The number of urea groups is 1. The summed E-state index contributed by atoms with van der Waals surface area (Å²) in [6, 6.07) is 10.7. The van der Waals surface area contributed by atoms with Crippen LogP contribution in [0.25, 0.3) is 0 Å². The number of carbonyl (C=O) groups is 4. The van der Waals surface area contributed by atoms with Gasteiger partial charge < -0.3 is 16.4 Å². The molecule has 2 aromatic carbocycles. The Bertz CT molecular complexity index is 1110. The van der Waals surface area contributed by atoms with Gasteiger partial charge in [0.05, 0.1) is 19.6 Å². The number of nitrogens with two attached hydrogens (primary N) is 1. The van der Waals surface area contributed by atoms with Crippen LogP contribution in [0.4, 0.5) is 14.9 Å². The van der Waals surface area contributed by atoms with Crippen molar-refractivity contribution in [2.24, 2.45) is 11.7 Å². The van der Waals surface area contributed by atoms with E-state index in [-0.39, 0.29) is 29.8 Å². The SMILES string of the molecule is CC(=O)c1cc(NC(=O)NCCC[N+]2(C(=O)CN)CCC(Cc3ccc(F)cc3)CC2)cc(C(C)=O)c1. The molecule has 3 amide bonds. The number of rotatable bonds is 10. The molecule has 4 N–H and O–H groups in total. The van der Waals surface area contributed by atoms with E-state index in [1.165, 1.54) is 44.2 Å². The number of hydrogen-bond acceptors (Lipinski definition) is 5.